The van der Waals surface area contributed by atoms with Crippen LogP contribution in [-0.2, 0) is 17.6 Å². The number of benzene rings is 2. The van der Waals surface area contributed by atoms with Crippen LogP contribution in [-0.4, -0.2) is 44.9 Å². The van der Waals surface area contributed by atoms with Crippen LogP contribution in [0.4, 0.5) is 0 Å². The highest BCUT2D eigenvalue weighted by Gasteiger charge is 2.09. The molecule has 2 rings (SSSR count). The number of rotatable bonds is 11. The minimum Gasteiger partial charge on any atom is -0.497 e. The molecule has 0 N–H and O–H groups in total. The van der Waals surface area contributed by atoms with Crippen LogP contribution in [0.25, 0.3) is 0 Å². The molecule has 0 saturated carbocycles. The van der Waals surface area contributed by atoms with Gasteiger partial charge >= 0.3 is 0 Å². The molecule has 0 spiro atoms. The Morgan fingerprint density at radius 1 is 0.920 bits per heavy atom. The first-order valence-corrected chi connectivity index (χ1v) is 9.14. The summed E-state index contributed by atoms with van der Waals surface area (Å²) in [5, 5.41) is 0. The van der Waals surface area contributed by atoms with E-state index in [1.165, 1.54) is 11.1 Å². The molecule has 136 valence electrons. The maximum absolute atomic E-state index is 5.77. The van der Waals surface area contributed by atoms with Crippen molar-refractivity contribution in [1.29, 1.82) is 0 Å². The Balaban J connectivity index is 1.58. The van der Waals surface area contributed by atoms with Crippen molar-refractivity contribution in [2.75, 3.05) is 33.9 Å². The molecule has 1 atom stereocenters. The molecule has 0 fully saturated rings. The van der Waals surface area contributed by atoms with E-state index in [4.69, 9.17) is 9.47 Å². The minimum atomic E-state index is 0.512. The summed E-state index contributed by atoms with van der Waals surface area (Å²) >= 11 is 0. The maximum Gasteiger partial charge on any atom is 0.118 e. The van der Waals surface area contributed by atoms with Crippen molar-refractivity contribution in [2.45, 2.75) is 32.2 Å². The van der Waals surface area contributed by atoms with Gasteiger partial charge in [0.15, 0.2) is 0 Å². The lowest BCUT2D eigenvalue weighted by atomic mass is 10.1. The van der Waals surface area contributed by atoms with Crippen molar-refractivity contribution in [3.8, 4) is 5.75 Å². The molecule has 0 aromatic heterocycles. The fourth-order valence-electron chi connectivity index (χ4n) is 2.83. The zero-order chi connectivity index (χ0) is 17.9. The summed E-state index contributed by atoms with van der Waals surface area (Å²) < 4.78 is 11.0. The summed E-state index contributed by atoms with van der Waals surface area (Å²) in [6.45, 7) is 4.96. The van der Waals surface area contributed by atoms with Gasteiger partial charge in [0, 0.05) is 19.2 Å². The normalized spacial score (nSPS) is 12.3. The molecular formula is C22H31NO2. The quantitative estimate of drug-likeness (QED) is 0.572. The topological polar surface area (TPSA) is 21.7 Å². The van der Waals surface area contributed by atoms with E-state index < -0.39 is 0 Å². The molecule has 0 aliphatic carbocycles. The van der Waals surface area contributed by atoms with Gasteiger partial charge in [-0.3, -0.25) is 0 Å². The molecule has 25 heavy (non-hydrogen) atoms. The fourth-order valence-corrected chi connectivity index (χ4v) is 2.83. The number of hydrogen-bond acceptors (Lipinski definition) is 3. The summed E-state index contributed by atoms with van der Waals surface area (Å²) in [4.78, 5) is 2.41. The van der Waals surface area contributed by atoms with Gasteiger partial charge in [-0.05, 0) is 56.5 Å². The summed E-state index contributed by atoms with van der Waals surface area (Å²) in [7, 11) is 3.89. The highest BCUT2D eigenvalue weighted by Crippen LogP contribution is 2.14. The largest absolute Gasteiger partial charge is 0.497 e. The van der Waals surface area contributed by atoms with E-state index in [0.717, 1.165) is 44.8 Å². The van der Waals surface area contributed by atoms with Gasteiger partial charge in [0.2, 0.25) is 0 Å². The number of methoxy groups -OCH3 is 1. The van der Waals surface area contributed by atoms with Crippen LogP contribution >= 0.6 is 0 Å². The van der Waals surface area contributed by atoms with E-state index in [9.17, 15) is 0 Å². The average molecular weight is 341 g/mol. The van der Waals surface area contributed by atoms with Gasteiger partial charge in [0.1, 0.15) is 5.75 Å². The predicted octanol–water partition coefficient (Wildman–Crippen LogP) is 4.21. The Kier molecular flexibility index (Phi) is 8.50. The van der Waals surface area contributed by atoms with E-state index in [2.05, 4.69) is 55.3 Å². The Hall–Kier alpha value is -1.84. The van der Waals surface area contributed by atoms with Crippen LogP contribution in [0.5, 0.6) is 5.75 Å². The zero-order valence-electron chi connectivity index (χ0n) is 15.8. The predicted molar refractivity (Wildman–Crippen MR) is 104 cm³/mol. The van der Waals surface area contributed by atoms with Crippen molar-refractivity contribution in [3.63, 3.8) is 0 Å². The van der Waals surface area contributed by atoms with Crippen LogP contribution in [0, 0.1) is 0 Å². The van der Waals surface area contributed by atoms with Crippen molar-refractivity contribution >= 4 is 0 Å². The SMILES string of the molecule is COc1ccc(CC(C)N(C)CCCOCCc2ccccc2)cc1. The number of nitrogens with zero attached hydrogens (tertiary/aromatic N) is 1. The van der Waals surface area contributed by atoms with E-state index >= 15 is 0 Å². The van der Waals surface area contributed by atoms with Gasteiger partial charge in [-0.25, -0.2) is 0 Å². The second-order valence-electron chi connectivity index (χ2n) is 6.58. The van der Waals surface area contributed by atoms with Gasteiger partial charge in [0.25, 0.3) is 0 Å². The molecule has 0 saturated heterocycles. The molecular weight excluding hydrogens is 310 g/mol. The van der Waals surface area contributed by atoms with Crippen LogP contribution in [0.3, 0.4) is 0 Å². The first kappa shape index (κ1) is 19.5. The van der Waals surface area contributed by atoms with Gasteiger partial charge in [0.05, 0.1) is 13.7 Å². The summed E-state index contributed by atoms with van der Waals surface area (Å²) in [6, 6.07) is 19.4. The van der Waals surface area contributed by atoms with Crippen LogP contribution < -0.4 is 4.74 Å². The third kappa shape index (κ3) is 7.29. The molecule has 3 nitrogen and oxygen atoms in total. The third-order valence-corrected chi connectivity index (χ3v) is 4.62. The van der Waals surface area contributed by atoms with E-state index in [1.807, 2.05) is 18.2 Å². The lowest BCUT2D eigenvalue weighted by Gasteiger charge is -2.24. The lowest BCUT2D eigenvalue weighted by molar-refractivity contribution is 0.121. The second kappa shape index (κ2) is 10.9. The molecule has 0 aliphatic heterocycles. The fraction of sp³-hybridized carbons (Fsp3) is 0.455. The van der Waals surface area contributed by atoms with Gasteiger partial charge in [-0.15, -0.1) is 0 Å². The molecule has 0 bridgehead atoms. The summed E-state index contributed by atoms with van der Waals surface area (Å²) in [6.07, 6.45) is 3.11. The van der Waals surface area contributed by atoms with Crippen molar-refractivity contribution in [1.82, 2.24) is 4.90 Å². The standard InChI is InChI=1S/C22H31NO2/c1-19(18-21-10-12-22(24-3)13-11-21)23(2)15-7-16-25-17-14-20-8-5-4-6-9-20/h4-6,8-13,19H,7,14-18H2,1-3H3. The zero-order valence-corrected chi connectivity index (χ0v) is 15.8. The molecule has 1 unspecified atom stereocenters. The highest BCUT2D eigenvalue weighted by atomic mass is 16.5. The van der Waals surface area contributed by atoms with E-state index in [1.54, 1.807) is 7.11 Å². The second-order valence-corrected chi connectivity index (χ2v) is 6.58. The van der Waals surface area contributed by atoms with Crippen LogP contribution in [0.2, 0.25) is 0 Å². The molecule has 0 aliphatic rings. The number of ether oxygens (including phenoxy) is 2. The Morgan fingerprint density at radius 2 is 1.64 bits per heavy atom. The van der Waals surface area contributed by atoms with Crippen LogP contribution in [0.15, 0.2) is 54.6 Å². The highest BCUT2D eigenvalue weighted by molar-refractivity contribution is 5.27. The Bertz CT molecular complexity index is 583. The molecule has 0 radical (unpaired) electrons. The van der Waals surface area contributed by atoms with Gasteiger partial charge < -0.3 is 14.4 Å². The third-order valence-electron chi connectivity index (χ3n) is 4.62. The monoisotopic (exact) mass is 341 g/mol. The smallest absolute Gasteiger partial charge is 0.118 e. The summed E-state index contributed by atoms with van der Waals surface area (Å²) in [5.41, 5.74) is 2.69. The lowest BCUT2D eigenvalue weighted by Crippen LogP contribution is -2.32. The first-order valence-electron chi connectivity index (χ1n) is 9.14. The molecule has 3 heteroatoms. The summed E-state index contributed by atoms with van der Waals surface area (Å²) in [5.74, 6) is 0.914. The Labute approximate surface area is 152 Å². The van der Waals surface area contributed by atoms with Gasteiger partial charge in [-0.2, -0.15) is 0 Å². The molecule has 0 heterocycles. The number of hydrogen-bond donors (Lipinski definition) is 0. The average Bonchev–Trinajstić information content (AvgIpc) is 2.65. The molecule has 2 aromatic rings. The van der Waals surface area contributed by atoms with E-state index in [0.29, 0.717) is 6.04 Å². The van der Waals surface area contributed by atoms with Gasteiger partial charge in [-0.1, -0.05) is 42.5 Å². The first-order chi connectivity index (χ1) is 12.2. The van der Waals surface area contributed by atoms with Crippen LogP contribution in [0.1, 0.15) is 24.5 Å². The van der Waals surface area contributed by atoms with Crippen molar-refractivity contribution in [3.05, 3.63) is 65.7 Å². The number of likely N-dealkylation sites (N-methyl/N-ethyl adjacent to an activating group) is 1. The maximum atomic E-state index is 5.77. The van der Waals surface area contributed by atoms with E-state index in [-0.39, 0.29) is 0 Å². The van der Waals surface area contributed by atoms with Crippen molar-refractivity contribution < 1.29 is 9.47 Å². The van der Waals surface area contributed by atoms with Crippen molar-refractivity contribution in [2.24, 2.45) is 0 Å². The molecule has 0 amide bonds. The minimum absolute atomic E-state index is 0.512. The Morgan fingerprint density at radius 3 is 2.32 bits per heavy atom. The molecule has 2 aromatic carbocycles.